The van der Waals surface area contributed by atoms with Crippen LogP contribution in [-0.2, 0) is 4.79 Å². The fraction of sp³-hybridized carbons (Fsp3) is 0.929. The molecular formula is C14H26N2O2. The molecule has 0 bridgehead atoms. The molecule has 2 heterocycles. The Kier molecular flexibility index (Phi) is 4.62. The molecule has 1 spiro atoms. The van der Waals surface area contributed by atoms with Crippen molar-refractivity contribution < 1.29 is 9.90 Å². The molecule has 4 heteroatoms. The van der Waals surface area contributed by atoms with Crippen molar-refractivity contribution in [2.45, 2.75) is 51.5 Å². The SMILES string of the molecule is CCCC(C(=O)O)N1CCCC2(CCCNC2)C1. The molecule has 2 aliphatic rings. The molecule has 0 aromatic heterocycles. The van der Waals surface area contributed by atoms with Crippen LogP contribution in [-0.4, -0.2) is 48.2 Å². The zero-order chi connectivity index (χ0) is 13.0. The van der Waals surface area contributed by atoms with Crippen molar-refractivity contribution in [2.75, 3.05) is 26.2 Å². The first-order valence-corrected chi connectivity index (χ1v) is 7.34. The summed E-state index contributed by atoms with van der Waals surface area (Å²) in [4.78, 5) is 13.6. The van der Waals surface area contributed by atoms with Gasteiger partial charge in [0, 0.05) is 13.1 Å². The van der Waals surface area contributed by atoms with Crippen molar-refractivity contribution >= 4 is 5.97 Å². The van der Waals surface area contributed by atoms with E-state index < -0.39 is 5.97 Å². The quantitative estimate of drug-likeness (QED) is 0.802. The summed E-state index contributed by atoms with van der Waals surface area (Å²) in [7, 11) is 0. The third kappa shape index (κ3) is 3.04. The van der Waals surface area contributed by atoms with Crippen molar-refractivity contribution in [3.05, 3.63) is 0 Å². The van der Waals surface area contributed by atoms with Gasteiger partial charge in [0.1, 0.15) is 6.04 Å². The molecule has 0 saturated carbocycles. The molecule has 104 valence electrons. The number of piperidine rings is 2. The molecule has 2 saturated heterocycles. The Labute approximate surface area is 110 Å². The summed E-state index contributed by atoms with van der Waals surface area (Å²) < 4.78 is 0. The largest absolute Gasteiger partial charge is 0.480 e. The summed E-state index contributed by atoms with van der Waals surface area (Å²) in [6.45, 7) is 6.19. The van der Waals surface area contributed by atoms with Gasteiger partial charge < -0.3 is 10.4 Å². The number of rotatable bonds is 4. The lowest BCUT2D eigenvalue weighted by molar-refractivity contribution is -0.145. The molecule has 2 N–H and O–H groups in total. The highest BCUT2D eigenvalue weighted by atomic mass is 16.4. The molecule has 18 heavy (non-hydrogen) atoms. The third-order valence-electron chi connectivity index (χ3n) is 4.54. The van der Waals surface area contributed by atoms with Crippen LogP contribution < -0.4 is 5.32 Å². The van der Waals surface area contributed by atoms with Gasteiger partial charge in [-0.05, 0) is 50.6 Å². The van der Waals surface area contributed by atoms with Gasteiger partial charge in [-0.2, -0.15) is 0 Å². The van der Waals surface area contributed by atoms with Gasteiger partial charge in [0.25, 0.3) is 0 Å². The normalized spacial score (nSPS) is 31.4. The average molecular weight is 254 g/mol. The van der Waals surface area contributed by atoms with Crippen LogP contribution in [0, 0.1) is 5.41 Å². The first-order valence-electron chi connectivity index (χ1n) is 7.34. The van der Waals surface area contributed by atoms with Gasteiger partial charge in [0.2, 0.25) is 0 Å². The maximum atomic E-state index is 11.4. The highest BCUT2D eigenvalue weighted by Gasteiger charge is 2.39. The first-order chi connectivity index (χ1) is 8.67. The van der Waals surface area contributed by atoms with E-state index in [-0.39, 0.29) is 6.04 Å². The molecule has 0 aliphatic carbocycles. The second-order valence-electron chi connectivity index (χ2n) is 6.00. The predicted octanol–water partition coefficient (Wildman–Crippen LogP) is 1.71. The number of aliphatic carboxylic acids is 1. The smallest absolute Gasteiger partial charge is 0.320 e. The molecule has 2 fully saturated rings. The van der Waals surface area contributed by atoms with Crippen LogP contribution in [0.4, 0.5) is 0 Å². The highest BCUT2D eigenvalue weighted by Crippen LogP contribution is 2.36. The molecule has 0 aromatic rings. The lowest BCUT2D eigenvalue weighted by Gasteiger charge is -2.47. The number of carboxylic acid groups (broad SMARTS) is 1. The number of carboxylic acids is 1. The molecule has 2 aliphatic heterocycles. The van der Waals surface area contributed by atoms with Crippen LogP contribution in [0.25, 0.3) is 0 Å². The van der Waals surface area contributed by atoms with E-state index in [1.54, 1.807) is 0 Å². The van der Waals surface area contributed by atoms with Crippen LogP contribution in [0.5, 0.6) is 0 Å². The van der Waals surface area contributed by atoms with Gasteiger partial charge in [0.15, 0.2) is 0 Å². The number of hydrogen-bond acceptors (Lipinski definition) is 3. The number of nitrogens with zero attached hydrogens (tertiary/aromatic N) is 1. The molecule has 2 rings (SSSR count). The van der Waals surface area contributed by atoms with Gasteiger partial charge >= 0.3 is 5.97 Å². The van der Waals surface area contributed by atoms with Crippen LogP contribution in [0.3, 0.4) is 0 Å². The Hall–Kier alpha value is -0.610. The first kappa shape index (κ1) is 13.8. The summed E-state index contributed by atoms with van der Waals surface area (Å²) in [6, 6.07) is -0.269. The van der Waals surface area contributed by atoms with Gasteiger partial charge in [-0.1, -0.05) is 13.3 Å². The standard InChI is InChI=1S/C14H26N2O2/c1-2-5-12(13(17)18)16-9-4-7-14(11-16)6-3-8-15-10-14/h12,15H,2-11H2,1H3,(H,17,18). The Morgan fingerprint density at radius 2 is 2.22 bits per heavy atom. The number of hydrogen-bond donors (Lipinski definition) is 2. The van der Waals surface area contributed by atoms with E-state index >= 15 is 0 Å². The minimum absolute atomic E-state index is 0.269. The Bertz CT molecular complexity index is 282. The van der Waals surface area contributed by atoms with E-state index in [2.05, 4.69) is 17.1 Å². The molecule has 0 amide bonds. The number of carbonyl (C=O) groups is 1. The van der Waals surface area contributed by atoms with Crippen molar-refractivity contribution in [1.82, 2.24) is 10.2 Å². The van der Waals surface area contributed by atoms with Gasteiger partial charge in [0.05, 0.1) is 0 Å². The highest BCUT2D eigenvalue weighted by molar-refractivity contribution is 5.73. The summed E-state index contributed by atoms with van der Waals surface area (Å²) in [5, 5.41) is 12.9. The summed E-state index contributed by atoms with van der Waals surface area (Å²) >= 11 is 0. The zero-order valence-corrected chi connectivity index (χ0v) is 11.5. The maximum absolute atomic E-state index is 11.4. The van der Waals surface area contributed by atoms with Crippen LogP contribution in [0.1, 0.15) is 45.4 Å². The van der Waals surface area contributed by atoms with E-state index in [0.717, 1.165) is 45.4 Å². The minimum Gasteiger partial charge on any atom is -0.480 e. The average Bonchev–Trinajstić information content (AvgIpc) is 2.36. The van der Waals surface area contributed by atoms with Crippen molar-refractivity contribution in [1.29, 1.82) is 0 Å². The fourth-order valence-electron chi connectivity index (χ4n) is 3.63. The van der Waals surface area contributed by atoms with E-state index in [1.165, 1.54) is 19.3 Å². The van der Waals surface area contributed by atoms with Crippen LogP contribution in [0.2, 0.25) is 0 Å². The lowest BCUT2D eigenvalue weighted by atomic mass is 9.74. The number of nitrogens with one attached hydrogen (secondary N) is 1. The van der Waals surface area contributed by atoms with E-state index in [0.29, 0.717) is 5.41 Å². The summed E-state index contributed by atoms with van der Waals surface area (Å²) in [5.74, 6) is -0.641. The van der Waals surface area contributed by atoms with E-state index in [9.17, 15) is 9.90 Å². The molecule has 4 nitrogen and oxygen atoms in total. The van der Waals surface area contributed by atoms with Gasteiger partial charge in [-0.3, -0.25) is 9.69 Å². The van der Waals surface area contributed by atoms with Crippen molar-refractivity contribution in [3.63, 3.8) is 0 Å². The third-order valence-corrected chi connectivity index (χ3v) is 4.54. The molecule has 0 radical (unpaired) electrons. The molecular weight excluding hydrogens is 228 g/mol. The fourth-order valence-corrected chi connectivity index (χ4v) is 3.63. The number of likely N-dealkylation sites (tertiary alicyclic amines) is 1. The maximum Gasteiger partial charge on any atom is 0.320 e. The van der Waals surface area contributed by atoms with E-state index in [4.69, 9.17) is 0 Å². The second-order valence-corrected chi connectivity index (χ2v) is 6.00. The van der Waals surface area contributed by atoms with E-state index in [1.807, 2.05) is 0 Å². The summed E-state index contributed by atoms with van der Waals surface area (Å²) in [6.07, 6.45) is 6.62. The molecule has 2 unspecified atom stereocenters. The second kappa shape index (κ2) is 6.02. The van der Waals surface area contributed by atoms with Crippen molar-refractivity contribution in [2.24, 2.45) is 5.41 Å². The van der Waals surface area contributed by atoms with Crippen LogP contribution >= 0.6 is 0 Å². The monoisotopic (exact) mass is 254 g/mol. The zero-order valence-electron chi connectivity index (χ0n) is 11.5. The summed E-state index contributed by atoms with van der Waals surface area (Å²) in [5.41, 5.74) is 0.345. The Morgan fingerprint density at radius 3 is 2.83 bits per heavy atom. The van der Waals surface area contributed by atoms with Crippen LogP contribution in [0.15, 0.2) is 0 Å². The van der Waals surface area contributed by atoms with Gasteiger partial charge in [-0.25, -0.2) is 0 Å². The predicted molar refractivity (Wildman–Crippen MR) is 71.7 cm³/mol. The minimum atomic E-state index is -0.641. The Morgan fingerprint density at radius 1 is 1.44 bits per heavy atom. The lowest BCUT2D eigenvalue weighted by Crippen LogP contribution is -2.55. The molecule has 0 aromatic carbocycles. The van der Waals surface area contributed by atoms with Crippen molar-refractivity contribution in [3.8, 4) is 0 Å². The topological polar surface area (TPSA) is 52.6 Å². The molecule has 2 atom stereocenters. The van der Waals surface area contributed by atoms with Gasteiger partial charge in [-0.15, -0.1) is 0 Å². The Balaban J connectivity index is 2.02.